The number of nitrogens with two attached hydrogens (primary N) is 3. The van der Waals surface area contributed by atoms with E-state index in [0.29, 0.717) is 69.7 Å². The van der Waals surface area contributed by atoms with Gasteiger partial charge in [-0.2, -0.15) is 9.03 Å². The molecule has 6 aliphatic heterocycles. The third-order valence-electron chi connectivity index (χ3n) is 20.5. The van der Waals surface area contributed by atoms with Crippen LogP contribution in [0.2, 0.25) is 0 Å². The molecule has 0 spiro atoms. The number of likely N-dealkylation sites (N-methyl/N-ethyl adjacent to an activating group) is 1. The summed E-state index contributed by atoms with van der Waals surface area (Å²) in [5.41, 5.74) is 17.9. The summed E-state index contributed by atoms with van der Waals surface area (Å²) >= 11 is 0. The molecule has 6 bridgehead atoms. The monoisotopic (exact) mass is 1400 g/mol. The number of carbonyl (C=O) groups excluding carboxylic acids is 4. The van der Waals surface area contributed by atoms with Crippen molar-refractivity contribution in [1.29, 1.82) is 0 Å². The third kappa shape index (κ3) is 17.1. The molecule has 1 aliphatic carbocycles. The minimum absolute atomic E-state index is 0.00432. The Bertz CT molecular complexity index is 3720. The van der Waals surface area contributed by atoms with E-state index in [9.17, 15) is 79.9 Å². The van der Waals surface area contributed by atoms with Crippen molar-refractivity contribution in [3.05, 3.63) is 136 Å². The van der Waals surface area contributed by atoms with E-state index in [1.54, 1.807) is 30.7 Å². The zero-order valence-corrected chi connectivity index (χ0v) is 55.9. The summed E-state index contributed by atoms with van der Waals surface area (Å²) in [5.74, 6) is -10.6. The van der Waals surface area contributed by atoms with Crippen LogP contribution in [0.5, 0.6) is 0 Å². The van der Waals surface area contributed by atoms with E-state index in [1.165, 1.54) is 18.9 Å². The van der Waals surface area contributed by atoms with Crippen molar-refractivity contribution in [2.45, 2.75) is 206 Å². The SMILES string of the molecule is CC(=O)N(C)CCC(=O)N1[C@@H]2CC[C@H]1CC([C@H](N)Cc1cc(F)c(F)cc1F)C2.CC(C)(NS(=O)(=O)C1CC1)C(=O)N1[C@@H]2CC[C@H]1CC([C@H](N)Cc1cc(F)c(F)cc1F)C2.CN(CC(=O)N1[C@@H]2CC[C@H]1CC([C@H](N)Cc1cc(F)c(F)cc1F)C2)S(=O)(=O)c1ccc(F)cc1. The lowest BCUT2D eigenvalue weighted by molar-refractivity contribution is -0.142. The standard InChI is InChI=1S/C24H27F4N3O3S.C22H30F3N3O3S.C21H28F3N3O2/c1-30(35(33,34)19-6-2-16(25)3-7-19)13-24(32)31-17-4-5-18(31)9-15(8-17)23(29)11-14-10-21(27)22(28)12-20(14)26;1-22(2,27-32(30,31)16-5-6-16)21(29)28-14-3-4-15(28)8-13(7-14)20(26)10-12-9-18(24)19(25)11-17(12)23;1-12(28)26(2)6-5-21(29)27-15-3-4-16(27)8-14(7-15)20(25)10-13-9-18(23)19(24)11-17(13)22/h2-3,6-7,10,12,15,17-18,23H,4-5,8-9,11,13,29H2,1H3;9,11,13-16,20,27H,3-8,10,26H2,1-2H3;9,11,14-16,20H,3-8,10,25H2,1-2H3/t15?,17-,18+,23-;13?,14-,15+,20-;14?,15-,16+,20-/m111/s1. The summed E-state index contributed by atoms with van der Waals surface area (Å²) in [5, 5.41) is -0.410. The molecule has 6 heterocycles. The Balaban J connectivity index is 0.000000170. The minimum atomic E-state index is -3.97. The molecular formula is C67H85F10N9O8S2. The Labute approximate surface area is 553 Å². The molecule has 96 heavy (non-hydrogen) atoms. The van der Waals surface area contributed by atoms with Crippen LogP contribution in [0.3, 0.4) is 0 Å². The lowest BCUT2D eigenvalue weighted by atomic mass is 9.82. The highest BCUT2D eigenvalue weighted by atomic mass is 32.2. The zero-order chi connectivity index (χ0) is 70.2. The Kier molecular flexibility index (Phi) is 23.2. The number of rotatable bonds is 20. The first-order valence-corrected chi connectivity index (χ1v) is 35.6. The molecule has 29 heteroatoms. The number of piperidine rings is 3. The molecule has 4 aromatic rings. The maximum absolute atomic E-state index is 14.1. The lowest BCUT2D eigenvalue weighted by Gasteiger charge is -2.44. The number of nitrogens with zero attached hydrogens (tertiary/aromatic N) is 5. The molecule has 17 nitrogen and oxygen atoms in total. The van der Waals surface area contributed by atoms with Gasteiger partial charge in [-0.25, -0.2) is 60.7 Å². The van der Waals surface area contributed by atoms with Gasteiger partial charge >= 0.3 is 0 Å². The summed E-state index contributed by atoms with van der Waals surface area (Å²) in [4.78, 5) is 57.3. The summed E-state index contributed by atoms with van der Waals surface area (Å²) < 4.78 is 189. The van der Waals surface area contributed by atoms with E-state index in [2.05, 4.69) is 4.72 Å². The summed E-state index contributed by atoms with van der Waals surface area (Å²) in [7, 11) is -4.51. The average molecular weight is 1400 g/mol. The van der Waals surface area contributed by atoms with Crippen molar-refractivity contribution in [2.24, 2.45) is 35.0 Å². The molecule has 12 atom stereocenters. The van der Waals surface area contributed by atoms with Gasteiger partial charge in [0, 0.05) is 107 Å². The topological polar surface area (TPSA) is 243 Å². The van der Waals surface area contributed by atoms with E-state index in [0.717, 1.165) is 98.1 Å². The molecule has 528 valence electrons. The molecule has 0 aromatic heterocycles. The van der Waals surface area contributed by atoms with Crippen LogP contribution in [0, 0.1) is 75.9 Å². The van der Waals surface area contributed by atoms with Crippen molar-refractivity contribution in [1.82, 2.24) is 28.6 Å². The highest BCUT2D eigenvalue weighted by Crippen LogP contribution is 2.44. The molecule has 4 amide bonds. The van der Waals surface area contributed by atoms with E-state index in [1.807, 2.05) is 4.90 Å². The molecule has 0 radical (unpaired) electrons. The predicted molar refractivity (Wildman–Crippen MR) is 336 cm³/mol. The Morgan fingerprint density at radius 2 is 0.844 bits per heavy atom. The maximum atomic E-state index is 14.1. The Morgan fingerprint density at radius 3 is 1.19 bits per heavy atom. The van der Waals surface area contributed by atoms with Gasteiger partial charge in [-0.3, -0.25) is 19.2 Å². The lowest BCUT2D eigenvalue weighted by Crippen LogP contribution is -2.61. The molecule has 4 aromatic carbocycles. The van der Waals surface area contributed by atoms with Crippen molar-refractivity contribution < 1.29 is 79.9 Å². The number of amides is 4. The van der Waals surface area contributed by atoms with Gasteiger partial charge in [0.2, 0.25) is 43.7 Å². The fourth-order valence-electron chi connectivity index (χ4n) is 15.2. The number of halogens is 10. The van der Waals surface area contributed by atoms with E-state index in [4.69, 9.17) is 17.2 Å². The van der Waals surface area contributed by atoms with Crippen molar-refractivity contribution in [3.8, 4) is 0 Å². The molecule has 7 aliphatic rings. The van der Waals surface area contributed by atoms with Gasteiger partial charge in [-0.05, 0) is 200 Å². The van der Waals surface area contributed by atoms with Gasteiger partial charge in [0.1, 0.15) is 28.8 Å². The van der Waals surface area contributed by atoms with Crippen LogP contribution in [0.15, 0.2) is 65.6 Å². The van der Waals surface area contributed by atoms with Crippen molar-refractivity contribution in [3.63, 3.8) is 0 Å². The van der Waals surface area contributed by atoms with Crippen LogP contribution >= 0.6 is 0 Å². The summed E-state index contributed by atoms with van der Waals surface area (Å²) in [6.07, 6.45) is 10.4. The molecule has 11 rings (SSSR count). The van der Waals surface area contributed by atoms with Gasteiger partial charge < -0.3 is 36.8 Å². The van der Waals surface area contributed by atoms with Gasteiger partial charge in [0.05, 0.1) is 16.7 Å². The number of hydrogen-bond donors (Lipinski definition) is 4. The first kappa shape index (κ1) is 74.0. The van der Waals surface area contributed by atoms with Gasteiger partial charge in [-0.1, -0.05) is 0 Å². The van der Waals surface area contributed by atoms with Crippen LogP contribution in [0.1, 0.15) is 134 Å². The van der Waals surface area contributed by atoms with Crippen LogP contribution in [-0.2, 0) is 58.5 Å². The first-order chi connectivity index (χ1) is 45.0. The largest absolute Gasteiger partial charge is 0.345 e. The van der Waals surface area contributed by atoms with E-state index in [-0.39, 0.29) is 125 Å². The molecular weight excluding hydrogens is 1310 g/mol. The fraction of sp³-hybridized carbons (Fsp3) is 0.582. The first-order valence-electron chi connectivity index (χ1n) is 32.6. The van der Waals surface area contributed by atoms with E-state index < -0.39 is 107 Å². The minimum Gasteiger partial charge on any atom is -0.345 e. The zero-order valence-electron chi connectivity index (χ0n) is 54.3. The van der Waals surface area contributed by atoms with Crippen LogP contribution < -0.4 is 21.9 Å². The number of hydrogen-bond acceptors (Lipinski definition) is 11. The molecule has 1 saturated carbocycles. The van der Waals surface area contributed by atoms with Crippen LogP contribution in [-0.4, -0.2) is 157 Å². The summed E-state index contributed by atoms with van der Waals surface area (Å²) in [6, 6.07) is 6.98. The summed E-state index contributed by atoms with van der Waals surface area (Å²) in [6.45, 7) is 4.69. The highest BCUT2D eigenvalue weighted by Gasteiger charge is 2.51. The smallest absolute Gasteiger partial charge is 0.243 e. The second-order valence-corrected chi connectivity index (χ2v) is 31.7. The molecule has 3 unspecified atom stereocenters. The normalized spacial score (nSPS) is 24.8. The number of benzene rings is 4. The molecule has 7 fully saturated rings. The second kappa shape index (κ2) is 30.1. The highest BCUT2D eigenvalue weighted by molar-refractivity contribution is 7.90. The van der Waals surface area contributed by atoms with Gasteiger partial charge in [0.15, 0.2) is 34.9 Å². The van der Waals surface area contributed by atoms with Gasteiger partial charge in [-0.15, -0.1) is 0 Å². The van der Waals surface area contributed by atoms with Gasteiger partial charge in [0.25, 0.3) is 0 Å². The van der Waals surface area contributed by atoms with E-state index >= 15 is 0 Å². The number of fused-ring (bicyclic) bond motifs is 6. The Morgan fingerprint density at radius 1 is 0.510 bits per heavy atom. The fourth-order valence-corrected chi connectivity index (χ4v) is 18.0. The number of sulfonamides is 2. The van der Waals surface area contributed by atoms with Crippen LogP contribution in [0.4, 0.5) is 43.9 Å². The maximum Gasteiger partial charge on any atom is 0.243 e. The van der Waals surface area contributed by atoms with Crippen molar-refractivity contribution >= 4 is 43.7 Å². The van der Waals surface area contributed by atoms with Crippen molar-refractivity contribution in [2.75, 3.05) is 27.2 Å². The Hall–Kier alpha value is -6.24. The third-order valence-corrected chi connectivity index (χ3v) is 24.5. The van der Waals surface area contributed by atoms with Crippen LogP contribution in [0.25, 0.3) is 0 Å². The molecule has 6 saturated heterocycles. The average Bonchev–Trinajstić information content (AvgIpc) is 1.49. The second-order valence-electron chi connectivity index (χ2n) is 27.7. The molecule has 7 N–H and O–H groups in total. The number of nitrogens with one attached hydrogen (secondary N) is 1. The predicted octanol–water partition coefficient (Wildman–Crippen LogP) is 8.42. The quantitative estimate of drug-likeness (QED) is 0.0483. The number of carbonyl (C=O) groups is 4.